The van der Waals surface area contributed by atoms with E-state index in [1.165, 1.54) is 57.1 Å². The number of halogens is 1. The lowest BCUT2D eigenvalue weighted by molar-refractivity contribution is -0.107. The Bertz CT molecular complexity index is 502. The molecule has 4 heteroatoms. The third-order valence-electron chi connectivity index (χ3n) is 3.79. The summed E-state index contributed by atoms with van der Waals surface area (Å²) in [4.78, 5) is 22.6. The van der Waals surface area contributed by atoms with Crippen molar-refractivity contribution in [3.8, 4) is 0 Å². The molecule has 0 saturated heterocycles. The second-order valence-corrected chi connectivity index (χ2v) is 6.21. The number of ketones is 1. The van der Waals surface area contributed by atoms with Crippen LogP contribution >= 0.6 is 11.6 Å². The molecule has 0 aromatic carbocycles. The number of hydrogen-bond acceptors (Lipinski definition) is 3. The summed E-state index contributed by atoms with van der Waals surface area (Å²) in [6.07, 6.45) is 14.3. The minimum Gasteiger partial charge on any atom is -0.454 e. The molecule has 1 rings (SSSR count). The maximum Gasteiger partial charge on any atom is 0.245 e. The van der Waals surface area contributed by atoms with Gasteiger partial charge in [0.15, 0.2) is 11.5 Å². The van der Waals surface area contributed by atoms with Gasteiger partial charge in [-0.2, -0.15) is 0 Å². The monoisotopic (exact) mass is 338 g/mol. The van der Waals surface area contributed by atoms with E-state index in [-0.39, 0.29) is 5.78 Å². The topological polar surface area (TPSA) is 47.3 Å². The SMILES string of the molecule is CCCCCCCCCCCC(=O)c1ccc(C=CC(=O)Cl)o1. The molecule has 0 atom stereocenters. The molecule has 0 aliphatic rings. The molecule has 0 N–H and O–H groups in total. The Kier molecular flexibility index (Phi) is 10.4. The van der Waals surface area contributed by atoms with Crippen molar-refractivity contribution >= 4 is 28.7 Å². The average molecular weight is 339 g/mol. The number of rotatable bonds is 13. The summed E-state index contributed by atoms with van der Waals surface area (Å²) in [7, 11) is 0. The van der Waals surface area contributed by atoms with E-state index in [0.717, 1.165) is 12.8 Å². The normalized spacial score (nSPS) is 11.2. The quantitative estimate of drug-likeness (QED) is 0.187. The molecular weight excluding hydrogens is 312 g/mol. The van der Waals surface area contributed by atoms with E-state index >= 15 is 0 Å². The summed E-state index contributed by atoms with van der Waals surface area (Å²) in [5, 5.41) is -0.566. The Morgan fingerprint density at radius 3 is 2.22 bits per heavy atom. The Labute approximate surface area is 144 Å². The van der Waals surface area contributed by atoms with Gasteiger partial charge in [0.1, 0.15) is 5.76 Å². The van der Waals surface area contributed by atoms with Crippen LogP contribution < -0.4 is 0 Å². The molecule has 1 heterocycles. The summed E-state index contributed by atoms with van der Waals surface area (Å²) in [5.41, 5.74) is 0. The third kappa shape index (κ3) is 9.39. The van der Waals surface area contributed by atoms with Crippen molar-refractivity contribution in [2.24, 2.45) is 0 Å². The number of allylic oxidation sites excluding steroid dienone is 1. The lowest BCUT2D eigenvalue weighted by atomic mass is 10.1. The summed E-state index contributed by atoms with van der Waals surface area (Å²) in [6.45, 7) is 2.23. The number of Topliss-reactive ketones (excluding diaryl/α,β-unsaturated/α-hetero) is 1. The highest BCUT2D eigenvalue weighted by molar-refractivity contribution is 6.66. The van der Waals surface area contributed by atoms with E-state index in [4.69, 9.17) is 16.0 Å². The minimum atomic E-state index is -0.566. The standard InChI is InChI=1S/C19H27ClO3/c1-2-3-4-5-6-7-8-9-10-11-17(21)18-14-12-16(23-18)13-15-19(20)22/h12-15H,2-11H2,1H3. The lowest BCUT2D eigenvalue weighted by Gasteiger charge is -2.01. The van der Waals surface area contributed by atoms with Gasteiger partial charge in [-0.1, -0.05) is 58.3 Å². The summed E-state index contributed by atoms with van der Waals surface area (Å²) in [6, 6.07) is 3.31. The van der Waals surface area contributed by atoms with E-state index in [0.29, 0.717) is 17.9 Å². The minimum absolute atomic E-state index is 0.0183. The average Bonchev–Trinajstić information content (AvgIpc) is 3.00. The van der Waals surface area contributed by atoms with Crippen LogP contribution in [0.3, 0.4) is 0 Å². The van der Waals surface area contributed by atoms with Gasteiger partial charge in [-0.15, -0.1) is 0 Å². The van der Waals surface area contributed by atoms with Crippen LogP contribution in [0.1, 0.15) is 87.4 Å². The Hall–Kier alpha value is -1.35. The van der Waals surface area contributed by atoms with Crippen LogP contribution in [0.4, 0.5) is 0 Å². The van der Waals surface area contributed by atoms with Gasteiger partial charge in [-0.3, -0.25) is 9.59 Å². The van der Waals surface area contributed by atoms with Crippen LogP contribution in [0.5, 0.6) is 0 Å². The predicted molar refractivity (Wildman–Crippen MR) is 94.8 cm³/mol. The maximum atomic E-state index is 12.0. The first-order chi connectivity index (χ1) is 11.1. The zero-order chi connectivity index (χ0) is 16.9. The van der Waals surface area contributed by atoms with Gasteiger partial charge in [0.05, 0.1) is 0 Å². The maximum absolute atomic E-state index is 12.0. The molecule has 1 aromatic rings. The number of hydrogen-bond donors (Lipinski definition) is 0. The molecule has 3 nitrogen and oxygen atoms in total. The van der Waals surface area contributed by atoms with Crippen LogP contribution in [0, 0.1) is 0 Å². The van der Waals surface area contributed by atoms with E-state index in [1.807, 2.05) is 0 Å². The van der Waals surface area contributed by atoms with Gasteiger partial charge in [-0.05, 0) is 36.2 Å². The van der Waals surface area contributed by atoms with E-state index in [1.54, 1.807) is 12.1 Å². The lowest BCUT2D eigenvalue weighted by Crippen LogP contribution is -1.96. The van der Waals surface area contributed by atoms with Gasteiger partial charge in [0, 0.05) is 12.5 Å². The highest BCUT2D eigenvalue weighted by Crippen LogP contribution is 2.15. The summed E-state index contributed by atoms with van der Waals surface area (Å²) >= 11 is 5.21. The van der Waals surface area contributed by atoms with Crippen molar-refractivity contribution in [1.29, 1.82) is 0 Å². The molecule has 0 aliphatic heterocycles. The van der Waals surface area contributed by atoms with Gasteiger partial charge in [0.25, 0.3) is 0 Å². The van der Waals surface area contributed by atoms with Crippen molar-refractivity contribution in [3.63, 3.8) is 0 Å². The smallest absolute Gasteiger partial charge is 0.245 e. The van der Waals surface area contributed by atoms with Crippen molar-refractivity contribution in [3.05, 3.63) is 29.7 Å². The first kappa shape index (κ1) is 19.7. The zero-order valence-electron chi connectivity index (χ0n) is 14.0. The van der Waals surface area contributed by atoms with Crippen LogP contribution in [0.2, 0.25) is 0 Å². The first-order valence-corrected chi connectivity index (χ1v) is 9.02. The zero-order valence-corrected chi connectivity index (χ0v) is 14.7. The van der Waals surface area contributed by atoms with Crippen LogP contribution in [-0.4, -0.2) is 11.0 Å². The van der Waals surface area contributed by atoms with E-state index < -0.39 is 5.24 Å². The fraction of sp³-hybridized carbons (Fsp3) is 0.579. The Morgan fingerprint density at radius 1 is 1.00 bits per heavy atom. The number of unbranched alkanes of at least 4 members (excludes halogenated alkanes) is 8. The van der Waals surface area contributed by atoms with Gasteiger partial charge in [-0.25, -0.2) is 0 Å². The molecule has 0 spiro atoms. The highest BCUT2D eigenvalue weighted by atomic mass is 35.5. The molecular formula is C19H27ClO3. The van der Waals surface area contributed by atoms with Crippen molar-refractivity contribution < 1.29 is 14.0 Å². The van der Waals surface area contributed by atoms with Gasteiger partial charge < -0.3 is 4.42 Å². The van der Waals surface area contributed by atoms with Crippen LogP contribution in [0.25, 0.3) is 6.08 Å². The first-order valence-electron chi connectivity index (χ1n) is 8.64. The van der Waals surface area contributed by atoms with Crippen molar-refractivity contribution in [2.45, 2.75) is 71.1 Å². The molecule has 0 bridgehead atoms. The Morgan fingerprint density at radius 2 is 1.61 bits per heavy atom. The second-order valence-electron chi connectivity index (χ2n) is 5.84. The van der Waals surface area contributed by atoms with E-state index in [9.17, 15) is 9.59 Å². The predicted octanol–water partition coefficient (Wildman–Crippen LogP) is 6.16. The van der Waals surface area contributed by atoms with Gasteiger partial charge >= 0.3 is 0 Å². The molecule has 0 aliphatic carbocycles. The third-order valence-corrected chi connectivity index (χ3v) is 3.91. The molecule has 0 fully saturated rings. The van der Waals surface area contributed by atoms with E-state index in [2.05, 4.69) is 6.92 Å². The molecule has 0 unspecified atom stereocenters. The van der Waals surface area contributed by atoms with Crippen molar-refractivity contribution in [1.82, 2.24) is 0 Å². The molecule has 128 valence electrons. The molecule has 23 heavy (non-hydrogen) atoms. The molecule has 1 aromatic heterocycles. The molecule has 0 amide bonds. The van der Waals surface area contributed by atoms with Gasteiger partial charge in [0.2, 0.25) is 5.24 Å². The van der Waals surface area contributed by atoms with Crippen LogP contribution in [0.15, 0.2) is 22.6 Å². The fourth-order valence-corrected chi connectivity index (χ4v) is 2.52. The summed E-state index contributed by atoms with van der Waals surface area (Å²) < 4.78 is 5.38. The van der Waals surface area contributed by atoms with Crippen LogP contribution in [-0.2, 0) is 4.79 Å². The number of furan rings is 1. The molecule has 0 saturated carbocycles. The summed E-state index contributed by atoms with van der Waals surface area (Å²) in [5.74, 6) is 0.838. The Balaban J connectivity index is 2.13. The fourth-order valence-electron chi connectivity index (χ4n) is 2.46. The van der Waals surface area contributed by atoms with Crippen molar-refractivity contribution in [2.75, 3.05) is 0 Å². The molecule has 0 radical (unpaired) electrons. The number of carbonyl (C=O) groups excluding carboxylic acids is 2. The largest absolute Gasteiger partial charge is 0.454 e. The highest BCUT2D eigenvalue weighted by Gasteiger charge is 2.10. The number of carbonyl (C=O) groups is 2. The second kappa shape index (κ2) is 12.1.